The molecule has 0 aliphatic carbocycles. The zero-order valence-corrected chi connectivity index (χ0v) is 23.3. The summed E-state index contributed by atoms with van der Waals surface area (Å²) >= 11 is 0. The summed E-state index contributed by atoms with van der Waals surface area (Å²) in [6.45, 7) is 12.4. The molecular weight excluding hydrogens is 478 g/mol. The fourth-order valence-electron chi connectivity index (χ4n) is 4.99. The van der Waals surface area contributed by atoms with Crippen LogP contribution in [-0.2, 0) is 4.79 Å². The monoisotopic (exact) mass is 521 g/mol. The second-order valence-corrected chi connectivity index (χ2v) is 9.63. The van der Waals surface area contributed by atoms with E-state index in [1.54, 1.807) is 11.0 Å². The molecular formula is C30H43N5O3. The van der Waals surface area contributed by atoms with Gasteiger partial charge in [-0.2, -0.15) is 0 Å². The predicted octanol–water partition coefficient (Wildman–Crippen LogP) is 4.93. The van der Waals surface area contributed by atoms with Gasteiger partial charge in [0.05, 0.1) is 11.5 Å². The van der Waals surface area contributed by atoms with Crippen LogP contribution in [0.2, 0.25) is 0 Å². The average Bonchev–Trinajstić information content (AvgIpc) is 3.20. The van der Waals surface area contributed by atoms with Gasteiger partial charge < -0.3 is 25.3 Å². The topological polar surface area (TPSA) is 85.0 Å². The summed E-state index contributed by atoms with van der Waals surface area (Å²) in [5.74, 6) is -0.0423. The first-order chi connectivity index (χ1) is 18.4. The van der Waals surface area contributed by atoms with Gasteiger partial charge in [-0.1, -0.05) is 44.2 Å². The lowest BCUT2D eigenvalue weighted by Crippen LogP contribution is -2.38. The summed E-state index contributed by atoms with van der Waals surface area (Å²) in [6, 6.07) is 15.2. The summed E-state index contributed by atoms with van der Waals surface area (Å²) in [6.07, 6.45) is 2.41. The largest absolute Gasteiger partial charge is 0.369 e. The highest BCUT2D eigenvalue weighted by molar-refractivity contribution is 6.02. The van der Waals surface area contributed by atoms with E-state index >= 15 is 0 Å². The third kappa shape index (κ3) is 7.27. The van der Waals surface area contributed by atoms with Gasteiger partial charge in [-0.25, -0.2) is 4.79 Å². The minimum Gasteiger partial charge on any atom is -0.369 e. The van der Waals surface area contributed by atoms with Gasteiger partial charge in [-0.15, -0.1) is 0 Å². The maximum absolute atomic E-state index is 13.5. The van der Waals surface area contributed by atoms with E-state index in [0.29, 0.717) is 50.5 Å². The second kappa shape index (κ2) is 14.4. The van der Waals surface area contributed by atoms with Gasteiger partial charge >= 0.3 is 6.03 Å². The molecule has 1 unspecified atom stereocenters. The quantitative estimate of drug-likeness (QED) is 0.464. The van der Waals surface area contributed by atoms with E-state index in [-0.39, 0.29) is 23.8 Å². The fraction of sp³-hybridized carbons (Fsp3) is 0.500. The number of carbonyl (C=O) groups is 3. The number of carbonyl (C=O) groups excluding carboxylic acids is 3. The number of nitrogens with one attached hydrogen (secondary N) is 2. The zero-order valence-electron chi connectivity index (χ0n) is 23.3. The van der Waals surface area contributed by atoms with Crippen molar-refractivity contribution in [2.75, 3.05) is 56.0 Å². The number of urea groups is 1. The van der Waals surface area contributed by atoms with Gasteiger partial charge in [-0.05, 0) is 56.9 Å². The summed E-state index contributed by atoms with van der Waals surface area (Å²) < 4.78 is 0. The van der Waals surface area contributed by atoms with Gasteiger partial charge in [-0.3, -0.25) is 9.59 Å². The smallest absolute Gasteiger partial charge is 0.319 e. The van der Waals surface area contributed by atoms with E-state index in [0.717, 1.165) is 37.1 Å². The van der Waals surface area contributed by atoms with Gasteiger partial charge in [0, 0.05) is 57.2 Å². The molecule has 1 saturated heterocycles. The summed E-state index contributed by atoms with van der Waals surface area (Å²) in [5.41, 5.74) is 3.04. The normalized spacial score (nSPS) is 14.4. The van der Waals surface area contributed by atoms with E-state index in [9.17, 15) is 14.4 Å². The molecule has 0 bridgehead atoms. The lowest BCUT2D eigenvalue weighted by atomic mass is 9.95. The van der Waals surface area contributed by atoms with Crippen LogP contribution in [0.5, 0.6) is 0 Å². The molecule has 1 aliphatic heterocycles. The van der Waals surface area contributed by atoms with E-state index < -0.39 is 0 Å². The van der Waals surface area contributed by atoms with Crippen LogP contribution in [0.15, 0.2) is 48.5 Å². The van der Waals surface area contributed by atoms with Gasteiger partial charge in [0.25, 0.3) is 5.91 Å². The van der Waals surface area contributed by atoms with Crippen molar-refractivity contribution in [3.05, 3.63) is 59.7 Å². The third-order valence-corrected chi connectivity index (χ3v) is 7.13. The van der Waals surface area contributed by atoms with E-state index in [1.807, 2.05) is 68.1 Å². The molecule has 1 heterocycles. The van der Waals surface area contributed by atoms with Crippen molar-refractivity contribution in [3.8, 4) is 0 Å². The van der Waals surface area contributed by atoms with Crippen LogP contribution in [-0.4, -0.2) is 73.5 Å². The first-order valence-electron chi connectivity index (χ1n) is 14.0. The fourth-order valence-corrected chi connectivity index (χ4v) is 4.99. The second-order valence-electron chi connectivity index (χ2n) is 9.63. The highest BCUT2D eigenvalue weighted by Crippen LogP contribution is 2.28. The van der Waals surface area contributed by atoms with Crippen LogP contribution < -0.4 is 15.5 Å². The number of hydrogen-bond donors (Lipinski definition) is 2. The van der Waals surface area contributed by atoms with Crippen LogP contribution in [0.4, 0.5) is 16.2 Å². The molecule has 0 aromatic heterocycles. The zero-order chi connectivity index (χ0) is 27.5. The third-order valence-electron chi connectivity index (χ3n) is 7.13. The Balaban J connectivity index is 1.82. The molecule has 38 heavy (non-hydrogen) atoms. The Hall–Kier alpha value is -3.55. The van der Waals surface area contributed by atoms with Gasteiger partial charge in [0.1, 0.15) is 0 Å². The Morgan fingerprint density at radius 2 is 1.66 bits per heavy atom. The Morgan fingerprint density at radius 3 is 2.32 bits per heavy atom. The molecule has 0 spiro atoms. The average molecular weight is 522 g/mol. The van der Waals surface area contributed by atoms with E-state index in [2.05, 4.69) is 22.5 Å². The highest BCUT2D eigenvalue weighted by Gasteiger charge is 2.28. The maximum atomic E-state index is 13.5. The maximum Gasteiger partial charge on any atom is 0.319 e. The first kappa shape index (κ1) is 29.0. The number of anilines is 2. The molecule has 3 rings (SSSR count). The van der Waals surface area contributed by atoms with Crippen molar-refractivity contribution >= 4 is 29.2 Å². The molecule has 2 aromatic carbocycles. The molecule has 206 valence electrons. The van der Waals surface area contributed by atoms with Crippen LogP contribution in [0.3, 0.4) is 0 Å². The molecule has 0 radical (unpaired) electrons. The van der Waals surface area contributed by atoms with Crippen molar-refractivity contribution in [1.82, 2.24) is 15.1 Å². The minimum atomic E-state index is -0.284. The number of rotatable bonds is 10. The molecule has 1 atom stereocenters. The van der Waals surface area contributed by atoms with Crippen LogP contribution >= 0.6 is 0 Å². The molecule has 1 fully saturated rings. The number of amides is 4. The number of nitrogens with zero attached hydrogens (tertiary/aromatic N) is 3. The standard InChI is InChI=1S/C30H43N5O3/c1-5-17-31-30(38)32-24-15-16-27(26(22-24)29(37)33(7-3)8-4)34-18-12-19-35(21-20-34)28(36)25(6-2)23-13-10-9-11-14-23/h9-11,13-16,22,25H,5-8,12,17-21H2,1-4H3,(H2,31,32,38). The predicted molar refractivity (Wildman–Crippen MR) is 154 cm³/mol. The SMILES string of the molecule is CCCNC(=O)Nc1ccc(N2CCCN(C(=O)C(CC)c3ccccc3)CC2)c(C(=O)N(CC)CC)c1. The molecule has 2 aromatic rings. The van der Waals surface area contributed by atoms with Crippen molar-refractivity contribution in [2.45, 2.75) is 52.9 Å². The molecule has 8 heteroatoms. The van der Waals surface area contributed by atoms with Crippen molar-refractivity contribution in [3.63, 3.8) is 0 Å². The Labute approximate surface area is 227 Å². The van der Waals surface area contributed by atoms with Crippen molar-refractivity contribution in [1.29, 1.82) is 0 Å². The van der Waals surface area contributed by atoms with E-state index in [1.165, 1.54) is 0 Å². The lowest BCUT2D eigenvalue weighted by Gasteiger charge is -2.29. The lowest BCUT2D eigenvalue weighted by molar-refractivity contribution is -0.132. The number of hydrogen-bond acceptors (Lipinski definition) is 4. The molecule has 1 aliphatic rings. The minimum absolute atomic E-state index is 0.0603. The number of benzene rings is 2. The van der Waals surface area contributed by atoms with Crippen LogP contribution in [0.1, 0.15) is 68.8 Å². The van der Waals surface area contributed by atoms with E-state index in [4.69, 9.17) is 0 Å². The summed E-state index contributed by atoms with van der Waals surface area (Å²) in [7, 11) is 0. The summed E-state index contributed by atoms with van der Waals surface area (Å²) in [4.78, 5) is 45.2. The van der Waals surface area contributed by atoms with Gasteiger partial charge in [0.15, 0.2) is 0 Å². The highest BCUT2D eigenvalue weighted by atomic mass is 16.2. The molecule has 0 saturated carbocycles. The molecule has 8 nitrogen and oxygen atoms in total. The molecule has 2 N–H and O–H groups in total. The van der Waals surface area contributed by atoms with Gasteiger partial charge in [0.2, 0.25) is 5.91 Å². The van der Waals surface area contributed by atoms with Crippen LogP contribution in [0, 0.1) is 0 Å². The Morgan fingerprint density at radius 1 is 0.921 bits per heavy atom. The molecule has 4 amide bonds. The van der Waals surface area contributed by atoms with Crippen molar-refractivity contribution in [2.24, 2.45) is 0 Å². The van der Waals surface area contributed by atoms with Crippen molar-refractivity contribution < 1.29 is 14.4 Å². The summed E-state index contributed by atoms with van der Waals surface area (Å²) in [5, 5.41) is 5.66. The Bertz CT molecular complexity index is 1070. The van der Waals surface area contributed by atoms with Crippen LogP contribution in [0.25, 0.3) is 0 Å². The Kier molecular flexibility index (Phi) is 11.0. The first-order valence-corrected chi connectivity index (χ1v) is 14.0.